The minimum absolute atomic E-state index is 0.0666. The molecule has 1 aromatic rings. The van der Waals surface area contributed by atoms with Crippen molar-refractivity contribution in [1.82, 2.24) is 5.32 Å². The first-order valence-corrected chi connectivity index (χ1v) is 6.33. The Balaban J connectivity index is 1.91. The van der Waals surface area contributed by atoms with E-state index in [2.05, 4.69) is 5.32 Å². The largest absolute Gasteiger partial charge is 0.378 e. The summed E-state index contributed by atoms with van der Waals surface area (Å²) in [7, 11) is 0. The highest BCUT2D eigenvalue weighted by molar-refractivity contribution is 5.82. The average molecular weight is 249 g/mol. The van der Waals surface area contributed by atoms with Gasteiger partial charge in [-0.2, -0.15) is 0 Å². The van der Waals surface area contributed by atoms with E-state index in [9.17, 15) is 9.90 Å². The van der Waals surface area contributed by atoms with E-state index in [1.165, 1.54) is 0 Å². The Bertz CT molecular complexity index is 387. The van der Waals surface area contributed by atoms with Crippen LogP contribution in [0.4, 0.5) is 0 Å². The standard InChI is InChI=1S/C14H19NO3/c1-10(12-8-5-9-18-12)15-14(17)13(16)11-6-3-2-4-7-11/h2-4,6-7,10,12-13,16H,5,8-9H2,1H3,(H,15,17). The summed E-state index contributed by atoms with van der Waals surface area (Å²) in [5, 5.41) is 12.7. The molecule has 3 unspecified atom stereocenters. The molecule has 4 heteroatoms. The quantitative estimate of drug-likeness (QED) is 0.848. The Labute approximate surface area is 107 Å². The van der Waals surface area contributed by atoms with E-state index < -0.39 is 6.10 Å². The van der Waals surface area contributed by atoms with Crippen molar-refractivity contribution in [3.8, 4) is 0 Å². The second-order valence-corrected chi connectivity index (χ2v) is 4.66. The Kier molecular flexibility index (Phi) is 4.33. The van der Waals surface area contributed by atoms with Crippen LogP contribution >= 0.6 is 0 Å². The fraction of sp³-hybridized carbons (Fsp3) is 0.500. The maximum Gasteiger partial charge on any atom is 0.253 e. The van der Waals surface area contributed by atoms with Crippen LogP contribution in [0.5, 0.6) is 0 Å². The molecule has 0 radical (unpaired) electrons. The molecule has 98 valence electrons. The van der Waals surface area contributed by atoms with Crippen LogP contribution in [0.3, 0.4) is 0 Å². The SMILES string of the molecule is CC(NC(=O)C(O)c1ccccc1)C1CCCO1. The third-order valence-electron chi connectivity index (χ3n) is 3.26. The molecule has 18 heavy (non-hydrogen) atoms. The number of rotatable bonds is 4. The Morgan fingerprint density at radius 2 is 2.17 bits per heavy atom. The monoisotopic (exact) mass is 249 g/mol. The van der Waals surface area contributed by atoms with Crippen molar-refractivity contribution in [2.24, 2.45) is 0 Å². The minimum Gasteiger partial charge on any atom is -0.378 e. The van der Waals surface area contributed by atoms with E-state index in [0.29, 0.717) is 5.56 Å². The molecule has 0 aromatic heterocycles. The molecule has 1 saturated heterocycles. The molecule has 1 aliphatic rings. The maximum atomic E-state index is 11.9. The van der Waals surface area contributed by atoms with Crippen molar-refractivity contribution in [3.63, 3.8) is 0 Å². The summed E-state index contributed by atoms with van der Waals surface area (Å²) in [6.45, 7) is 2.66. The topological polar surface area (TPSA) is 58.6 Å². The van der Waals surface area contributed by atoms with Crippen molar-refractivity contribution >= 4 is 5.91 Å². The first-order valence-electron chi connectivity index (χ1n) is 6.33. The van der Waals surface area contributed by atoms with Crippen LogP contribution in [0.1, 0.15) is 31.4 Å². The van der Waals surface area contributed by atoms with E-state index in [4.69, 9.17) is 4.74 Å². The van der Waals surface area contributed by atoms with Crippen LogP contribution in [0.2, 0.25) is 0 Å². The van der Waals surface area contributed by atoms with E-state index in [0.717, 1.165) is 19.4 Å². The van der Waals surface area contributed by atoms with Crippen LogP contribution in [0.25, 0.3) is 0 Å². The highest BCUT2D eigenvalue weighted by atomic mass is 16.5. The zero-order chi connectivity index (χ0) is 13.0. The second kappa shape index (κ2) is 5.98. The van der Waals surface area contributed by atoms with Crippen LogP contribution < -0.4 is 5.32 Å². The number of hydrogen-bond donors (Lipinski definition) is 2. The summed E-state index contributed by atoms with van der Waals surface area (Å²) in [6.07, 6.45) is 0.946. The van der Waals surface area contributed by atoms with Gasteiger partial charge in [0, 0.05) is 6.61 Å². The lowest BCUT2D eigenvalue weighted by Gasteiger charge is -2.21. The maximum absolute atomic E-state index is 11.9. The zero-order valence-corrected chi connectivity index (χ0v) is 10.5. The molecule has 0 spiro atoms. The van der Waals surface area contributed by atoms with Crippen LogP contribution in [-0.4, -0.2) is 29.8 Å². The van der Waals surface area contributed by atoms with Gasteiger partial charge >= 0.3 is 0 Å². The highest BCUT2D eigenvalue weighted by Crippen LogP contribution is 2.17. The number of carbonyl (C=O) groups excluding carboxylic acids is 1. The van der Waals surface area contributed by atoms with Gasteiger partial charge in [-0.05, 0) is 25.3 Å². The fourth-order valence-electron chi connectivity index (χ4n) is 2.18. The number of aliphatic hydroxyl groups is 1. The van der Waals surface area contributed by atoms with Gasteiger partial charge in [0.05, 0.1) is 12.1 Å². The molecule has 1 amide bonds. The van der Waals surface area contributed by atoms with Gasteiger partial charge in [0.2, 0.25) is 0 Å². The number of nitrogens with one attached hydrogen (secondary N) is 1. The molecule has 1 aliphatic heterocycles. The summed E-state index contributed by atoms with van der Waals surface area (Å²) in [6, 6.07) is 8.86. The van der Waals surface area contributed by atoms with E-state index in [1.54, 1.807) is 24.3 Å². The number of ether oxygens (including phenoxy) is 1. The molecular formula is C14H19NO3. The fourth-order valence-corrected chi connectivity index (χ4v) is 2.18. The lowest BCUT2D eigenvalue weighted by Crippen LogP contribution is -2.43. The van der Waals surface area contributed by atoms with Gasteiger partial charge in [0.25, 0.3) is 5.91 Å². The molecule has 0 bridgehead atoms. The predicted octanol–water partition coefficient (Wildman–Crippen LogP) is 1.40. The Morgan fingerprint density at radius 3 is 2.78 bits per heavy atom. The first-order chi connectivity index (χ1) is 8.68. The molecule has 1 heterocycles. The summed E-state index contributed by atoms with van der Waals surface area (Å²) < 4.78 is 5.50. The summed E-state index contributed by atoms with van der Waals surface area (Å²) in [5.41, 5.74) is 0.606. The second-order valence-electron chi connectivity index (χ2n) is 4.66. The van der Waals surface area contributed by atoms with Crippen molar-refractivity contribution < 1.29 is 14.6 Å². The first kappa shape index (κ1) is 13.1. The lowest BCUT2D eigenvalue weighted by atomic mass is 10.1. The lowest BCUT2D eigenvalue weighted by molar-refractivity contribution is -0.131. The number of amides is 1. The van der Waals surface area contributed by atoms with Crippen LogP contribution in [0, 0.1) is 0 Å². The van der Waals surface area contributed by atoms with E-state index in [1.807, 2.05) is 13.0 Å². The van der Waals surface area contributed by atoms with Gasteiger partial charge in [0.1, 0.15) is 0 Å². The molecule has 0 aliphatic carbocycles. The van der Waals surface area contributed by atoms with Crippen molar-refractivity contribution in [1.29, 1.82) is 0 Å². The third-order valence-corrected chi connectivity index (χ3v) is 3.26. The molecule has 0 saturated carbocycles. The average Bonchev–Trinajstić information content (AvgIpc) is 2.92. The molecule has 4 nitrogen and oxygen atoms in total. The molecule has 1 fully saturated rings. The van der Waals surface area contributed by atoms with Gasteiger partial charge in [-0.15, -0.1) is 0 Å². The zero-order valence-electron chi connectivity index (χ0n) is 10.5. The smallest absolute Gasteiger partial charge is 0.253 e. The summed E-state index contributed by atoms with van der Waals surface area (Å²) in [5.74, 6) is -0.371. The van der Waals surface area contributed by atoms with Crippen molar-refractivity contribution in [3.05, 3.63) is 35.9 Å². The molecule has 2 rings (SSSR count). The van der Waals surface area contributed by atoms with Gasteiger partial charge in [-0.3, -0.25) is 4.79 Å². The van der Waals surface area contributed by atoms with Crippen molar-refractivity contribution in [2.45, 2.75) is 38.0 Å². The molecule has 2 N–H and O–H groups in total. The Hall–Kier alpha value is -1.39. The van der Waals surface area contributed by atoms with Crippen LogP contribution in [-0.2, 0) is 9.53 Å². The van der Waals surface area contributed by atoms with Gasteiger partial charge in [-0.1, -0.05) is 30.3 Å². The molecule has 3 atom stereocenters. The van der Waals surface area contributed by atoms with Gasteiger partial charge in [0.15, 0.2) is 6.10 Å². The van der Waals surface area contributed by atoms with E-state index >= 15 is 0 Å². The van der Waals surface area contributed by atoms with E-state index in [-0.39, 0.29) is 18.1 Å². The number of aliphatic hydroxyl groups excluding tert-OH is 1. The van der Waals surface area contributed by atoms with Gasteiger partial charge in [-0.25, -0.2) is 0 Å². The Morgan fingerprint density at radius 1 is 1.44 bits per heavy atom. The molecular weight excluding hydrogens is 230 g/mol. The summed E-state index contributed by atoms with van der Waals surface area (Å²) >= 11 is 0. The minimum atomic E-state index is -1.12. The third kappa shape index (κ3) is 3.09. The van der Waals surface area contributed by atoms with Crippen molar-refractivity contribution in [2.75, 3.05) is 6.61 Å². The number of hydrogen-bond acceptors (Lipinski definition) is 3. The number of benzene rings is 1. The molecule has 1 aromatic carbocycles. The van der Waals surface area contributed by atoms with Gasteiger partial charge < -0.3 is 15.2 Å². The predicted molar refractivity (Wildman–Crippen MR) is 68.0 cm³/mol. The van der Waals surface area contributed by atoms with Crippen LogP contribution in [0.15, 0.2) is 30.3 Å². The normalized spacial score (nSPS) is 22.4. The summed E-state index contributed by atoms with van der Waals surface area (Å²) in [4.78, 5) is 11.9. The highest BCUT2D eigenvalue weighted by Gasteiger charge is 2.26. The number of carbonyl (C=O) groups is 1.